The quantitative estimate of drug-likeness (QED) is 0.807. The zero-order valence-electron chi connectivity index (χ0n) is 14.8. The van der Waals surface area contributed by atoms with Crippen LogP contribution in [0.5, 0.6) is 0 Å². The fourth-order valence-electron chi connectivity index (χ4n) is 3.73. The molecule has 0 atom stereocenters. The molecule has 2 aromatic heterocycles. The van der Waals surface area contributed by atoms with E-state index in [9.17, 15) is 8.42 Å². The van der Waals surface area contributed by atoms with Crippen molar-refractivity contribution in [3.63, 3.8) is 0 Å². The van der Waals surface area contributed by atoms with Crippen LogP contribution in [0.15, 0.2) is 18.6 Å². The molecule has 0 N–H and O–H groups in total. The van der Waals surface area contributed by atoms with Crippen LogP contribution in [-0.2, 0) is 17.1 Å². The number of aromatic nitrogens is 3. The fourth-order valence-corrected chi connectivity index (χ4v) is 5.39. The molecule has 2 aromatic rings. The molecule has 0 unspecified atom stereocenters. The Morgan fingerprint density at radius 2 is 1.92 bits per heavy atom. The van der Waals surface area contributed by atoms with E-state index in [0.29, 0.717) is 12.5 Å². The molecule has 136 valence electrons. The summed E-state index contributed by atoms with van der Waals surface area (Å²) in [5, 5.41) is 0.960. The van der Waals surface area contributed by atoms with Crippen molar-refractivity contribution in [3.05, 3.63) is 18.6 Å². The Balaban J connectivity index is 1.41. The van der Waals surface area contributed by atoms with Crippen LogP contribution >= 0.6 is 0 Å². The van der Waals surface area contributed by atoms with Gasteiger partial charge >= 0.3 is 0 Å². The Hall–Kier alpha value is -1.67. The highest BCUT2D eigenvalue weighted by Crippen LogP contribution is 2.32. The van der Waals surface area contributed by atoms with Crippen molar-refractivity contribution < 1.29 is 8.42 Å². The monoisotopic (exact) mass is 363 g/mol. The van der Waals surface area contributed by atoms with Gasteiger partial charge in [0, 0.05) is 39.9 Å². The molecule has 1 saturated heterocycles. The molecule has 0 spiro atoms. The van der Waals surface area contributed by atoms with Crippen LogP contribution in [0.1, 0.15) is 25.7 Å². The van der Waals surface area contributed by atoms with E-state index >= 15 is 0 Å². The number of nitrogens with zero attached hydrogens (tertiary/aromatic N) is 5. The summed E-state index contributed by atoms with van der Waals surface area (Å²) in [6.45, 7) is 2.45. The van der Waals surface area contributed by atoms with Gasteiger partial charge in [-0.25, -0.2) is 22.7 Å². The fraction of sp³-hybridized carbons (Fsp3) is 0.647. The maximum atomic E-state index is 12.3. The minimum atomic E-state index is -3.06. The van der Waals surface area contributed by atoms with Gasteiger partial charge in [0.05, 0.1) is 10.6 Å². The predicted octanol–water partition coefficient (Wildman–Crippen LogP) is 1.61. The van der Waals surface area contributed by atoms with Gasteiger partial charge in [0.2, 0.25) is 10.0 Å². The maximum absolute atomic E-state index is 12.3. The number of rotatable bonds is 5. The Bertz CT molecular complexity index is 866. The molecule has 0 bridgehead atoms. The number of hydrogen-bond acceptors (Lipinski definition) is 5. The lowest BCUT2D eigenvalue weighted by Gasteiger charge is -2.34. The molecule has 2 fully saturated rings. The highest BCUT2D eigenvalue weighted by molar-refractivity contribution is 7.90. The van der Waals surface area contributed by atoms with Crippen molar-refractivity contribution in [2.75, 3.05) is 31.6 Å². The lowest BCUT2D eigenvalue weighted by Crippen LogP contribution is -2.40. The molecule has 0 aromatic carbocycles. The zero-order valence-corrected chi connectivity index (χ0v) is 15.6. The van der Waals surface area contributed by atoms with Crippen molar-refractivity contribution in [3.8, 4) is 0 Å². The number of anilines is 1. The summed E-state index contributed by atoms with van der Waals surface area (Å²) in [4.78, 5) is 11.1. The van der Waals surface area contributed by atoms with Crippen LogP contribution in [0.4, 0.5) is 5.82 Å². The summed E-state index contributed by atoms with van der Waals surface area (Å²) in [5.41, 5.74) is 0.947. The van der Waals surface area contributed by atoms with Crippen molar-refractivity contribution in [1.82, 2.24) is 18.8 Å². The van der Waals surface area contributed by atoms with Gasteiger partial charge in [-0.1, -0.05) is 0 Å². The second-order valence-corrected chi connectivity index (χ2v) is 9.64. The highest BCUT2D eigenvalue weighted by atomic mass is 32.2. The molecule has 4 rings (SSSR count). The summed E-state index contributed by atoms with van der Waals surface area (Å²) in [5.74, 6) is 1.41. The highest BCUT2D eigenvalue weighted by Gasteiger charge is 2.39. The molecule has 0 radical (unpaired) electrons. The molecular weight excluding hydrogens is 338 g/mol. The number of fused-ring (bicyclic) bond motifs is 1. The Morgan fingerprint density at radius 3 is 2.60 bits per heavy atom. The van der Waals surface area contributed by atoms with Crippen molar-refractivity contribution in [2.45, 2.75) is 30.9 Å². The molecular formula is C17H25N5O2S. The molecule has 7 nitrogen and oxygen atoms in total. The first-order chi connectivity index (χ1) is 12.0. The Kier molecular flexibility index (Phi) is 4.19. The van der Waals surface area contributed by atoms with E-state index in [1.54, 1.807) is 17.7 Å². The first-order valence-corrected chi connectivity index (χ1v) is 10.4. The van der Waals surface area contributed by atoms with Crippen molar-refractivity contribution >= 4 is 26.9 Å². The Morgan fingerprint density at radius 1 is 1.20 bits per heavy atom. The SMILES string of the molecule is CN(CC1CCN(c2ncnc3c2ccn3C)CC1)S(=O)(=O)C1CC1. The van der Waals surface area contributed by atoms with Gasteiger partial charge in [0.1, 0.15) is 17.8 Å². The zero-order chi connectivity index (χ0) is 17.6. The van der Waals surface area contributed by atoms with E-state index in [2.05, 4.69) is 20.9 Å². The number of aryl methyl sites for hydroxylation is 1. The van der Waals surface area contributed by atoms with E-state index < -0.39 is 10.0 Å². The lowest BCUT2D eigenvalue weighted by molar-refractivity contribution is 0.327. The molecule has 2 aliphatic rings. The van der Waals surface area contributed by atoms with Crippen LogP contribution in [0, 0.1) is 5.92 Å². The average Bonchev–Trinajstić information content (AvgIpc) is 3.40. The first-order valence-electron chi connectivity index (χ1n) is 8.93. The van der Waals surface area contributed by atoms with Crippen molar-refractivity contribution in [1.29, 1.82) is 0 Å². The van der Waals surface area contributed by atoms with Crippen LogP contribution in [-0.4, -0.2) is 59.2 Å². The Labute approximate surface area is 148 Å². The number of hydrogen-bond donors (Lipinski definition) is 0. The van der Waals surface area contributed by atoms with Gasteiger partial charge in [-0.2, -0.15) is 0 Å². The van der Waals surface area contributed by atoms with Crippen LogP contribution in [0.25, 0.3) is 11.0 Å². The smallest absolute Gasteiger partial charge is 0.216 e. The topological polar surface area (TPSA) is 71.3 Å². The first kappa shape index (κ1) is 16.8. The normalized spacial score (nSPS) is 19.9. The second kappa shape index (κ2) is 6.25. The van der Waals surface area contributed by atoms with Gasteiger partial charge < -0.3 is 9.47 Å². The predicted molar refractivity (Wildman–Crippen MR) is 98.0 cm³/mol. The number of sulfonamides is 1. The molecule has 1 aliphatic heterocycles. The standard InChI is InChI=1S/C17H25N5O2S/c1-20-8-7-15-16(20)18-12-19-17(15)22-9-5-13(6-10-22)11-21(2)25(23,24)14-3-4-14/h7-8,12-14H,3-6,9-11H2,1-2H3. The van der Waals surface area contributed by atoms with Gasteiger partial charge in [-0.05, 0) is 37.7 Å². The molecule has 8 heteroatoms. The molecule has 1 aliphatic carbocycles. The maximum Gasteiger partial charge on any atom is 0.216 e. The van der Waals surface area contributed by atoms with E-state index in [1.165, 1.54) is 0 Å². The van der Waals surface area contributed by atoms with Crippen molar-refractivity contribution in [2.24, 2.45) is 13.0 Å². The van der Waals surface area contributed by atoms with E-state index in [4.69, 9.17) is 0 Å². The molecule has 3 heterocycles. The average molecular weight is 363 g/mol. The molecule has 25 heavy (non-hydrogen) atoms. The third-order valence-corrected chi connectivity index (χ3v) is 7.78. The van der Waals surface area contributed by atoms with Crippen LogP contribution in [0.2, 0.25) is 0 Å². The minimum Gasteiger partial charge on any atom is -0.356 e. The van der Waals surface area contributed by atoms with Gasteiger partial charge in [-0.15, -0.1) is 0 Å². The largest absolute Gasteiger partial charge is 0.356 e. The third kappa shape index (κ3) is 3.13. The van der Waals surface area contributed by atoms with Crippen LogP contribution in [0.3, 0.4) is 0 Å². The third-order valence-electron chi connectivity index (χ3n) is 5.45. The summed E-state index contributed by atoms with van der Waals surface area (Å²) < 4.78 is 28.2. The second-order valence-electron chi connectivity index (χ2n) is 7.32. The lowest BCUT2D eigenvalue weighted by atomic mass is 9.97. The van der Waals surface area contributed by atoms with E-state index in [-0.39, 0.29) is 5.25 Å². The summed E-state index contributed by atoms with van der Waals surface area (Å²) >= 11 is 0. The van der Waals surface area contributed by atoms with Gasteiger partial charge in [0.25, 0.3) is 0 Å². The molecule has 1 saturated carbocycles. The summed E-state index contributed by atoms with van der Waals surface area (Å²) in [7, 11) is 0.661. The van der Waals surface area contributed by atoms with Crippen LogP contribution < -0.4 is 4.90 Å². The van der Waals surface area contributed by atoms with Gasteiger partial charge in [0.15, 0.2) is 0 Å². The minimum absolute atomic E-state index is 0.120. The summed E-state index contributed by atoms with van der Waals surface area (Å²) in [6.07, 6.45) is 7.26. The van der Waals surface area contributed by atoms with E-state index in [0.717, 1.165) is 55.6 Å². The van der Waals surface area contributed by atoms with Gasteiger partial charge in [-0.3, -0.25) is 0 Å². The summed E-state index contributed by atoms with van der Waals surface area (Å²) in [6, 6.07) is 2.06. The number of piperidine rings is 1. The van der Waals surface area contributed by atoms with E-state index in [1.807, 2.05) is 17.8 Å². The molecule has 0 amide bonds.